The third-order valence-corrected chi connectivity index (χ3v) is 5.15. The number of benzene rings is 1. The van der Waals surface area contributed by atoms with E-state index in [2.05, 4.69) is 4.98 Å². The first-order valence-electron chi connectivity index (χ1n) is 8.25. The number of hydrogen-bond donors (Lipinski definition) is 0. The van der Waals surface area contributed by atoms with E-state index in [0.717, 1.165) is 35.7 Å². The summed E-state index contributed by atoms with van der Waals surface area (Å²) in [6.07, 6.45) is 5.35. The highest BCUT2D eigenvalue weighted by atomic mass is 32.1. The van der Waals surface area contributed by atoms with Gasteiger partial charge < -0.3 is 14.4 Å². The number of thiazole rings is 1. The van der Waals surface area contributed by atoms with Crippen molar-refractivity contribution in [2.75, 3.05) is 20.8 Å². The highest BCUT2D eigenvalue weighted by molar-refractivity contribution is 7.09. The van der Waals surface area contributed by atoms with Gasteiger partial charge in [-0.1, -0.05) is 6.07 Å². The van der Waals surface area contributed by atoms with Crippen molar-refractivity contribution in [2.24, 2.45) is 0 Å². The highest BCUT2D eigenvalue weighted by Crippen LogP contribution is 2.37. The van der Waals surface area contributed by atoms with Crippen molar-refractivity contribution in [3.05, 3.63) is 45.9 Å². The molecule has 25 heavy (non-hydrogen) atoms. The van der Waals surface area contributed by atoms with Crippen LogP contribution in [0.2, 0.25) is 0 Å². The average Bonchev–Trinajstić information content (AvgIpc) is 3.28. The summed E-state index contributed by atoms with van der Waals surface area (Å²) in [5.41, 5.74) is 1.90. The molecule has 132 valence electrons. The van der Waals surface area contributed by atoms with Gasteiger partial charge in [-0.3, -0.25) is 4.79 Å². The van der Waals surface area contributed by atoms with E-state index >= 15 is 0 Å². The Balaban J connectivity index is 1.78. The molecule has 0 N–H and O–H groups in total. The maximum absolute atomic E-state index is 12.6. The highest BCUT2D eigenvalue weighted by Gasteiger charge is 2.29. The SMILES string of the molecule is COc1ccc(C2CCCN2C(=O)/C=C/c2csc(C)n2)cc1OC. The van der Waals surface area contributed by atoms with Crippen LogP contribution >= 0.6 is 11.3 Å². The summed E-state index contributed by atoms with van der Waals surface area (Å²) in [6, 6.07) is 5.92. The van der Waals surface area contributed by atoms with Gasteiger partial charge >= 0.3 is 0 Å². The van der Waals surface area contributed by atoms with E-state index in [9.17, 15) is 4.79 Å². The molecule has 1 atom stereocenters. The van der Waals surface area contributed by atoms with E-state index in [1.165, 1.54) is 0 Å². The fraction of sp³-hybridized carbons (Fsp3) is 0.368. The smallest absolute Gasteiger partial charge is 0.247 e. The summed E-state index contributed by atoms with van der Waals surface area (Å²) in [5, 5.41) is 2.95. The molecule has 1 aromatic heterocycles. The largest absolute Gasteiger partial charge is 0.493 e. The zero-order chi connectivity index (χ0) is 17.8. The van der Waals surface area contributed by atoms with E-state index < -0.39 is 0 Å². The van der Waals surface area contributed by atoms with Gasteiger partial charge in [-0.05, 0) is 43.5 Å². The lowest BCUT2D eigenvalue weighted by atomic mass is 10.0. The van der Waals surface area contributed by atoms with E-state index in [1.54, 1.807) is 37.7 Å². The van der Waals surface area contributed by atoms with Gasteiger partial charge in [0.25, 0.3) is 0 Å². The number of carbonyl (C=O) groups excluding carboxylic acids is 1. The van der Waals surface area contributed by atoms with Crippen LogP contribution in [-0.2, 0) is 4.79 Å². The van der Waals surface area contributed by atoms with Crippen LogP contribution < -0.4 is 9.47 Å². The molecule has 2 aromatic rings. The second kappa shape index (κ2) is 7.70. The standard InChI is InChI=1S/C19H22N2O3S/c1-13-20-15(12-25-13)7-9-19(22)21-10-4-5-16(21)14-6-8-17(23-2)18(11-14)24-3/h6-9,11-12,16H,4-5,10H2,1-3H3/b9-7+. The van der Waals surface area contributed by atoms with Gasteiger partial charge in [0.15, 0.2) is 11.5 Å². The molecule has 0 aliphatic carbocycles. The van der Waals surface area contributed by atoms with Crippen molar-refractivity contribution in [3.63, 3.8) is 0 Å². The molecule has 1 saturated heterocycles. The number of aryl methyl sites for hydroxylation is 1. The lowest BCUT2D eigenvalue weighted by molar-refractivity contribution is -0.126. The molecule has 0 spiro atoms. The summed E-state index contributed by atoms with van der Waals surface area (Å²) in [4.78, 5) is 18.9. The molecule has 5 nitrogen and oxygen atoms in total. The fourth-order valence-corrected chi connectivity index (χ4v) is 3.73. The summed E-state index contributed by atoms with van der Waals surface area (Å²) < 4.78 is 10.7. The first kappa shape index (κ1) is 17.5. The topological polar surface area (TPSA) is 51.7 Å². The van der Waals surface area contributed by atoms with Gasteiger partial charge in [0.05, 0.1) is 31.0 Å². The Morgan fingerprint density at radius 1 is 1.32 bits per heavy atom. The average molecular weight is 358 g/mol. The maximum atomic E-state index is 12.6. The molecule has 0 bridgehead atoms. The van der Waals surface area contributed by atoms with Crippen molar-refractivity contribution in [2.45, 2.75) is 25.8 Å². The number of rotatable bonds is 5. The van der Waals surface area contributed by atoms with Crippen molar-refractivity contribution < 1.29 is 14.3 Å². The van der Waals surface area contributed by atoms with E-state index in [1.807, 2.05) is 35.4 Å². The number of hydrogen-bond acceptors (Lipinski definition) is 5. The van der Waals surface area contributed by atoms with Gasteiger partial charge in [-0.15, -0.1) is 11.3 Å². The second-order valence-electron chi connectivity index (χ2n) is 5.93. The molecule has 1 aliphatic heterocycles. The zero-order valence-electron chi connectivity index (χ0n) is 14.7. The predicted octanol–water partition coefficient (Wildman–Crippen LogP) is 3.85. The van der Waals surface area contributed by atoms with Gasteiger partial charge in [0.1, 0.15) is 0 Å². The van der Waals surface area contributed by atoms with Crippen molar-refractivity contribution >= 4 is 23.3 Å². The molecule has 0 saturated carbocycles. The van der Waals surface area contributed by atoms with Crippen molar-refractivity contribution in [1.29, 1.82) is 0 Å². The molecule has 1 aliphatic rings. The number of aromatic nitrogens is 1. The second-order valence-corrected chi connectivity index (χ2v) is 6.99. The first-order chi connectivity index (χ1) is 12.1. The summed E-state index contributed by atoms with van der Waals surface area (Å²) in [7, 11) is 3.24. The van der Waals surface area contributed by atoms with Gasteiger partial charge in [0, 0.05) is 18.0 Å². The molecule has 1 fully saturated rings. The Bertz CT molecular complexity index is 785. The first-order valence-corrected chi connectivity index (χ1v) is 9.13. The number of amides is 1. The Hall–Kier alpha value is -2.34. The monoisotopic (exact) mass is 358 g/mol. The Morgan fingerprint density at radius 2 is 2.12 bits per heavy atom. The maximum Gasteiger partial charge on any atom is 0.247 e. The molecular formula is C19H22N2O3S. The summed E-state index contributed by atoms with van der Waals surface area (Å²) in [5.74, 6) is 1.40. The molecule has 1 amide bonds. The van der Waals surface area contributed by atoms with E-state index in [0.29, 0.717) is 11.5 Å². The zero-order valence-corrected chi connectivity index (χ0v) is 15.5. The number of carbonyl (C=O) groups is 1. The van der Waals surface area contributed by atoms with Gasteiger partial charge in [-0.25, -0.2) is 4.98 Å². The Morgan fingerprint density at radius 3 is 2.80 bits per heavy atom. The minimum atomic E-state index is 0.0166. The van der Waals surface area contributed by atoms with Crippen LogP contribution in [0.5, 0.6) is 11.5 Å². The van der Waals surface area contributed by atoms with Crippen LogP contribution in [0.25, 0.3) is 6.08 Å². The van der Waals surface area contributed by atoms with Crippen molar-refractivity contribution in [3.8, 4) is 11.5 Å². The van der Waals surface area contributed by atoms with Crippen LogP contribution in [0.15, 0.2) is 29.7 Å². The van der Waals surface area contributed by atoms with E-state index in [-0.39, 0.29) is 11.9 Å². The number of likely N-dealkylation sites (tertiary alicyclic amines) is 1. The van der Waals surface area contributed by atoms with Crippen LogP contribution in [-0.4, -0.2) is 36.6 Å². The summed E-state index contributed by atoms with van der Waals surface area (Å²) in [6.45, 7) is 2.72. The van der Waals surface area contributed by atoms with Crippen LogP contribution in [0, 0.1) is 6.92 Å². The molecule has 1 unspecified atom stereocenters. The Kier molecular flexibility index (Phi) is 5.38. The minimum Gasteiger partial charge on any atom is -0.493 e. The molecule has 2 heterocycles. The molecule has 6 heteroatoms. The van der Waals surface area contributed by atoms with Crippen LogP contribution in [0.1, 0.15) is 35.1 Å². The lowest BCUT2D eigenvalue weighted by Crippen LogP contribution is -2.28. The lowest BCUT2D eigenvalue weighted by Gasteiger charge is -2.24. The third kappa shape index (κ3) is 3.85. The van der Waals surface area contributed by atoms with Gasteiger partial charge in [-0.2, -0.15) is 0 Å². The third-order valence-electron chi connectivity index (χ3n) is 4.36. The van der Waals surface area contributed by atoms with Crippen LogP contribution in [0.4, 0.5) is 0 Å². The molecule has 1 aromatic carbocycles. The number of nitrogens with zero attached hydrogens (tertiary/aromatic N) is 2. The predicted molar refractivity (Wildman–Crippen MR) is 99.1 cm³/mol. The van der Waals surface area contributed by atoms with Crippen LogP contribution in [0.3, 0.4) is 0 Å². The quantitative estimate of drug-likeness (QED) is 0.762. The van der Waals surface area contributed by atoms with Gasteiger partial charge in [0.2, 0.25) is 5.91 Å². The normalized spacial score (nSPS) is 17.2. The molecular weight excluding hydrogens is 336 g/mol. The molecule has 0 radical (unpaired) electrons. The summed E-state index contributed by atoms with van der Waals surface area (Å²) >= 11 is 1.58. The minimum absolute atomic E-state index is 0.0166. The van der Waals surface area contributed by atoms with Crippen molar-refractivity contribution in [1.82, 2.24) is 9.88 Å². The number of ether oxygens (including phenoxy) is 2. The Labute approximate surface area is 151 Å². The van der Waals surface area contributed by atoms with E-state index in [4.69, 9.17) is 9.47 Å². The number of methoxy groups -OCH3 is 2. The fourth-order valence-electron chi connectivity index (χ4n) is 3.15. The molecule has 3 rings (SSSR count).